The minimum absolute atomic E-state index is 0.231. The zero-order chi connectivity index (χ0) is 19.7. The Kier molecular flexibility index (Phi) is 5.53. The molecule has 1 aromatic carbocycles. The molecule has 0 aliphatic rings. The number of benzene rings is 1. The highest BCUT2D eigenvalue weighted by Gasteiger charge is 2.22. The van der Waals surface area contributed by atoms with Crippen molar-refractivity contribution in [2.75, 3.05) is 0 Å². The van der Waals surface area contributed by atoms with Crippen molar-refractivity contribution in [3.05, 3.63) is 55.9 Å². The predicted octanol–water partition coefficient (Wildman–Crippen LogP) is 4.33. The van der Waals surface area contributed by atoms with E-state index >= 15 is 0 Å². The molecule has 2 aromatic heterocycles. The summed E-state index contributed by atoms with van der Waals surface area (Å²) in [6.07, 6.45) is -1.54. The summed E-state index contributed by atoms with van der Waals surface area (Å²) in [5.41, 5.74) is 0.690. The van der Waals surface area contributed by atoms with Crippen LogP contribution in [0.1, 0.15) is 36.2 Å². The Hall–Kier alpha value is -2.38. The smallest absolute Gasteiger partial charge is 0.347 e. The Labute approximate surface area is 165 Å². The average Bonchev–Trinajstić information content (AvgIpc) is 2.91. The third-order valence-corrected chi connectivity index (χ3v) is 5.55. The highest BCUT2D eigenvalue weighted by molar-refractivity contribution is 7.18. The van der Waals surface area contributed by atoms with Crippen molar-refractivity contribution in [3.8, 4) is 5.75 Å². The van der Waals surface area contributed by atoms with Crippen LogP contribution in [-0.2, 0) is 9.53 Å². The summed E-state index contributed by atoms with van der Waals surface area (Å²) in [6.45, 7) is 7.09. The number of fused-ring (bicyclic) bond motifs is 1. The summed E-state index contributed by atoms with van der Waals surface area (Å²) in [5, 5.41) is 1.16. The highest BCUT2D eigenvalue weighted by Crippen LogP contribution is 2.27. The van der Waals surface area contributed by atoms with Gasteiger partial charge >= 0.3 is 5.97 Å². The van der Waals surface area contributed by atoms with E-state index in [4.69, 9.17) is 21.1 Å². The number of nitrogens with one attached hydrogen (secondary N) is 1. The van der Waals surface area contributed by atoms with Gasteiger partial charge in [-0.1, -0.05) is 11.6 Å². The number of esters is 1. The number of aromatic amines is 1. The summed E-state index contributed by atoms with van der Waals surface area (Å²) in [6, 6.07) is 6.69. The fourth-order valence-electron chi connectivity index (χ4n) is 2.56. The van der Waals surface area contributed by atoms with Gasteiger partial charge in [0.15, 0.2) is 18.0 Å². The number of ether oxygens (including phenoxy) is 2. The fraction of sp³-hybridized carbons (Fsp3) is 0.316. The van der Waals surface area contributed by atoms with Crippen molar-refractivity contribution in [2.24, 2.45) is 0 Å². The topological polar surface area (TPSA) is 81.3 Å². The Morgan fingerprint density at radius 1 is 1.22 bits per heavy atom. The fourth-order valence-corrected chi connectivity index (χ4v) is 3.72. The van der Waals surface area contributed by atoms with Gasteiger partial charge < -0.3 is 14.5 Å². The first-order valence-electron chi connectivity index (χ1n) is 8.39. The molecule has 3 aromatic rings. The minimum Gasteiger partial charge on any atom is -0.479 e. The normalized spacial score (nSPS) is 13.4. The molecule has 27 heavy (non-hydrogen) atoms. The van der Waals surface area contributed by atoms with Crippen LogP contribution in [0.3, 0.4) is 0 Å². The summed E-state index contributed by atoms with van der Waals surface area (Å²) >= 11 is 7.28. The maximum absolute atomic E-state index is 12.4. The molecule has 0 saturated heterocycles. The lowest BCUT2D eigenvalue weighted by atomic mass is 10.2. The van der Waals surface area contributed by atoms with Gasteiger partial charge in [-0.25, -0.2) is 9.78 Å². The summed E-state index contributed by atoms with van der Waals surface area (Å²) in [5.74, 6) is 0.258. The molecule has 0 bridgehead atoms. The number of carbonyl (C=O) groups is 1. The van der Waals surface area contributed by atoms with Crippen molar-refractivity contribution in [2.45, 2.75) is 39.9 Å². The van der Waals surface area contributed by atoms with E-state index in [9.17, 15) is 9.59 Å². The highest BCUT2D eigenvalue weighted by atomic mass is 35.5. The van der Waals surface area contributed by atoms with E-state index in [2.05, 4.69) is 9.97 Å². The number of rotatable bonds is 5. The molecule has 142 valence electrons. The van der Waals surface area contributed by atoms with E-state index in [1.165, 1.54) is 11.3 Å². The van der Waals surface area contributed by atoms with Crippen LogP contribution < -0.4 is 10.3 Å². The number of aromatic nitrogens is 2. The Morgan fingerprint density at radius 2 is 1.89 bits per heavy atom. The molecule has 0 fully saturated rings. The van der Waals surface area contributed by atoms with Gasteiger partial charge in [-0.3, -0.25) is 4.79 Å². The van der Waals surface area contributed by atoms with Crippen molar-refractivity contribution < 1.29 is 14.3 Å². The largest absolute Gasteiger partial charge is 0.479 e. The monoisotopic (exact) mass is 406 g/mol. The second-order valence-corrected chi connectivity index (χ2v) is 7.85. The Balaban J connectivity index is 1.73. The molecule has 0 spiro atoms. The first kappa shape index (κ1) is 19.4. The van der Waals surface area contributed by atoms with Crippen LogP contribution in [0.4, 0.5) is 0 Å². The van der Waals surface area contributed by atoms with Crippen LogP contribution in [0.2, 0.25) is 5.02 Å². The van der Waals surface area contributed by atoms with Crippen LogP contribution in [0, 0.1) is 13.8 Å². The summed E-state index contributed by atoms with van der Waals surface area (Å²) < 4.78 is 11.0. The second-order valence-electron chi connectivity index (χ2n) is 6.21. The zero-order valence-corrected chi connectivity index (χ0v) is 16.9. The first-order valence-corrected chi connectivity index (χ1v) is 9.58. The predicted molar refractivity (Wildman–Crippen MR) is 106 cm³/mol. The van der Waals surface area contributed by atoms with E-state index in [1.807, 2.05) is 13.8 Å². The third kappa shape index (κ3) is 4.14. The van der Waals surface area contributed by atoms with E-state index in [-0.39, 0.29) is 5.56 Å². The van der Waals surface area contributed by atoms with Gasteiger partial charge in [0.25, 0.3) is 5.56 Å². The number of aryl methyl sites for hydroxylation is 2. The van der Waals surface area contributed by atoms with Crippen LogP contribution in [0.25, 0.3) is 10.2 Å². The van der Waals surface area contributed by atoms with E-state index in [0.717, 1.165) is 10.4 Å². The average molecular weight is 407 g/mol. The number of H-pyrrole nitrogens is 1. The number of thiophene rings is 1. The molecule has 0 unspecified atom stereocenters. The molecule has 0 aliphatic heterocycles. The van der Waals surface area contributed by atoms with Crippen LogP contribution in [-0.4, -0.2) is 22.0 Å². The molecule has 2 heterocycles. The summed E-state index contributed by atoms with van der Waals surface area (Å²) in [7, 11) is 0. The van der Waals surface area contributed by atoms with Crippen molar-refractivity contribution in [3.63, 3.8) is 0 Å². The lowest BCUT2D eigenvalue weighted by Gasteiger charge is -2.17. The van der Waals surface area contributed by atoms with Gasteiger partial charge in [-0.2, -0.15) is 0 Å². The maximum atomic E-state index is 12.4. The molecule has 6 nitrogen and oxygen atoms in total. The quantitative estimate of drug-likeness (QED) is 0.638. The van der Waals surface area contributed by atoms with Gasteiger partial charge in [0.1, 0.15) is 10.6 Å². The number of hydrogen-bond donors (Lipinski definition) is 1. The van der Waals surface area contributed by atoms with Gasteiger partial charge in [0, 0.05) is 9.90 Å². The molecule has 0 saturated carbocycles. The number of carbonyl (C=O) groups excluding carboxylic acids is 1. The van der Waals surface area contributed by atoms with Crippen LogP contribution >= 0.6 is 22.9 Å². The molecule has 8 heteroatoms. The molecule has 0 radical (unpaired) electrons. The molecular weight excluding hydrogens is 388 g/mol. The number of hydrogen-bond acceptors (Lipinski definition) is 6. The molecule has 2 atom stereocenters. The molecule has 1 N–H and O–H groups in total. The van der Waals surface area contributed by atoms with E-state index in [0.29, 0.717) is 26.8 Å². The van der Waals surface area contributed by atoms with Gasteiger partial charge in [-0.05, 0) is 57.5 Å². The van der Waals surface area contributed by atoms with Gasteiger partial charge in [-0.15, -0.1) is 11.3 Å². The lowest BCUT2D eigenvalue weighted by molar-refractivity contribution is -0.156. The first-order chi connectivity index (χ1) is 12.8. The third-order valence-electron chi connectivity index (χ3n) is 4.19. The lowest BCUT2D eigenvalue weighted by Crippen LogP contribution is -2.28. The number of halogens is 1. The van der Waals surface area contributed by atoms with Crippen molar-refractivity contribution >= 4 is 39.1 Å². The number of nitrogens with zero attached hydrogens (tertiary/aromatic N) is 1. The Bertz CT molecular complexity index is 1040. The van der Waals surface area contributed by atoms with Crippen LogP contribution in [0.15, 0.2) is 29.1 Å². The van der Waals surface area contributed by atoms with Crippen molar-refractivity contribution in [1.82, 2.24) is 9.97 Å². The maximum Gasteiger partial charge on any atom is 0.347 e. The standard InChI is InChI=1S/C19H19ClN2O4S/c1-9-12(4)27-18-15(9)17(23)21-16(22-18)10(2)26-19(24)11(3)25-14-7-5-13(20)6-8-14/h5-8,10-11H,1-4H3,(H,21,22,23)/t10-,11+/m1/s1. The summed E-state index contributed by atoms with van der Waals surface area (Å²) in [4.78, 5) is 33.5. The molecule has 0 amide bonds. The van der Waals surface area contributed by atoms with Gasteiger partial charge in [0.2, 0.25) is 0 Å². The molecule has 0 aliphatic carbocycles. The van der Waals surface area contributed by atoms with Crippen LogP contribution in [0.5, 0.6) is 5.75 Å². The zero-order valence-electron chi connectivity index (χ0n) is 15.3. The Morgan fingerprint density at radius 3 is 2.56 bits per heavy atom. The van der Waals surface area contributed by atoms with Crippen molar-refractivity contribution in [1.29, 1.82) is 0 Å². The minimum atomic E-state index is -0.824. The van der Waals surface area contributed by atoms with Gasteiger partial charge in [0.05, 0.1) is 5.39 Å². The van der Waals surface area contributed by atoms with E-state index < -0.39 is 18.2 Å². The molecular formula is C19H19ClN2O4S. The molecule has 3 rings (SSSR count). The second kappa shape index (κ2) is 7.70. The van der Waals surface area contributed by atoms with E-state index in [1.54, 1.807) is 38.1 Å². The SMILES string of the molecule is Cc1sc2nc([C@@H](C)OC(=O)[C@H](C)Oc3ccc(Cl)cc3)[nH]c(=O)c2c1C.